The first-order valence-corrected chi connectivity index (χ1v) is 7.83. The van der Waals surface area contributed by atoms with Crippen molar-refractivity contribution in [3.05, 3.63) is 29.3 Å². The molecule has 106 valence electrons. The molecule has 19 heavy (non-hydrogen) atoms. The third-order valence-corrected chi connectivity index (χ3v) is 4.03. The molecule has 0 aliphatic heterocycles. The number of unbranched alkanes of at least 4 members (excludes halogenated alkanes) is 5. The Morgan fingerprint density at radius 3 is 2.79 bits per heavy atom. The molecular weight excluding hydrogens is 234 g/mol. The Labute approximate surface area is 117 Å². The third kappa shape index (κ3) is 3.97. The summed E-state index contributed by atoms with van der Waals surface area (Å²) in [6, 6.07) is 6.52. The molecule has 2 N–H and O–H groups in total. The summed E-state index contributed by atoms with van der Waals surface area (Å²) in [7, 11) is 0. The highest BCUT2D eigenvalue weighted by atomic mass is 16.5. The molecule has 2 rings (SSSR count). The molecule has 2 heteroatoms. The van der Waals surface area contributed by atoms with Crippen molar-refractivity contribution < 1.29 is 4.74 Å². The van der Waals surface area contributed by atoms with E-state index in [1.54, 1.807) is 0 Å². The van der Waals surface area contributed by atoms with Gasteiger partial charge in [0.2, 0.25) is 0 Å². The lowest BCUT2D eigenvalue weighted by Gasteiger charge is -2.11. The largest absolute Gasteiger partial charge is 0.493 e. The lowest BCUT2D eigenvalue weighted by molar-refractivity contribution is 0.302. The maximum Gasteiger partial charge on any atom is 0.122 e. The van der Waals surface area contributed by atoms with Crippen LogP contribution < -0.4 is 10.5 Å². The Morgan fingerprint density at radius 1 is 1.16 bits per heavy atom. The van der Waals surface area contributed by atoms with Crippen molar-refractivity contribution in [2.24, 2.45) is 5.73 Å². The Bertz CT molecular complexity index is 389. The van der Waals surface area contributed by atoms with Gasteiger partial charge in [-0.25, -0.2) is 0 Å². The minimum atomic E-state index is 0.215. The Morgan fingerprint density at radius 2 is 1.95 bits per heavy atom. The molecule has 0 spiro atoms. The zero-order valence-electron chi connectivity index (χ0n) is 12.2. The molecule has 0 saturated carbocycles. The van der Waals surface area contributed by atoms with Gasteiger partial charge in [0, 0.05) is 6.04 Å². The minimum Gasteiger partial charge on any atom is -0.493 e. The number of fused-ring (bicyclic) bond motifs is 1. The molecule has 0 saturated heterocycles. The van der Waals surface area contributed by atoms with Crippen LogP contribution >= 0.6 is 0 Å². The van der Waals surface area contributed by atoms with E-state index in [9.17, 15) is 0 Å². The Kier molecular flexibility index (Phi) is 5.71. The van der Waals surface area contributed by atoms with Gasteiger partial charge < -0.3 is 10.5 Å². The number of ether oxygens (including phenoxy) is 1. The zero-order valence-corrected chi connectivity index (χ0v) is 12.2. The van der Waals surface area contributed by atoms with E-state index in [-0.39, 0.29) is 6.04 Å². The second-order valence-corrected chi connectivity index (χ2v) is 5.59. The summed E-state index contributed by atoms with van der Waals surface area (Å²) < 4.78 is 5.95. The molecule has 1 aliphatic carbocycles. The molecule has 0 radical (unpaired) electrons. The molecule has 0 amide bonds. The average Bonchev–Trinajstić information content (AvgIpc) is 2.81. The van der Waals surface area contributed by atoms with E-state index >= 15 is 0 Å². The fraction of sp³-hybridized carbons (Fsp3) is 0.647. The Hall–Kier alpha value is -1.02. The van der Waals surface area contributed by atoms with Crippen molar-refractivity contribution in [2.75, 3.05) is 6.61 Å². The molecule has 2 nitrogen and oxygen atoms in total. The standard InChI is InChI=1S/C17H27NO/c1-2-3-4-5-6-7-13-19-17-10-8-9-14-15(17)11-12-16(14)18/h8-10,16H,2-7,11-13,18H2,1H3. The first kappa shape index (κ1) is 14.4. The molecule has 1 aromatic carbocycles. The van der Waals surface area contributed by atoms with Gasteiger partial charge >= 0.3 is 0 Å². The highest BCUT2D eigenvalue weighted by molar-refractivity contribution is 5.44. The summed E-state index contributed by atoms with van der Waals surface area (Å²) in [6.07, 6.45) is 9.97. The number of hydrogen-bond donors (Lipinski definition) is 1. The van der Waals surface area contributed by atoms with Crippen LogP contribution in [-0.2, 0) is 6.42 Å². The van der Waals surface area contributed by atoms with Gasteiger partial charge in [-0.05, 0) is 36.5 Å². The lowest BCUT2D eigenvalue weighted by Crippen LogP contribution is -2.05. The summed E-state index contributed by atoms with van der Waals surface area (Å²) in [5, 5.41) is 0. The highest BCUT2D eigenvalue weighted by Crippen LogP contribution is 2.35. The van der Waals surface area contributed by atoms with Crippen molar-refractivity contribution in [3.8, 4) is 5.75 Å². The summed E-state index contributed by atoms with van der Waals surface area (Å²) in [6.45, 7) is 3.10. The molecule has 1 unspecified atom stereocenters. The maximum absolute atomic E-state index is 6.08. The van der Waals surface area contributed by atoms with Crippen LogP contribution in [0.2, 0.25) is 0 Å². The van der Waals surface area contributed by atoms with Gasteiger partial charge in [-0.15, -0.1) is 0 Å². The summed E-state index contributed by atoms with van der Waals surface area (Å²) in [5.41, 5.74) is 8.72. The molecule has 1 aromatic rings. The zero-order chi connectivity index (χ0) is 13.5. The van der Waals surface area contributed by atoms with E-state index in [4.69, 9.17) is 10.5 Å². The first-order chi connectivity index (χ1) is 9.33. The SMILES string of the molecule is CCCCCCCCOc1cccc2c1CCC2N. The van der Waals surface area contributed by atoms with E-state index < -0.39 is 0 Å². The van der Waals surface area contributed by atoms with E-state index in [2.05, 4.69) is 25.1 Å². The van der Waals surface area contributed by atoms with E-state index in [1.165, 1.54) is 49.7 Å². The van der Waals surface area contributed by atoms with Gasteiger partial charge in [-0.1, -0.05) is 51.2 Å². The monoisotopic (exact) mass is 261 g/mol. The van der Waals surface area contributed by atoms with Crippen LogP contribution in [0.15, 0.2) is 18.2 Å². The smallest absolute Gasteiger partial charge is 0.122 e. The van der Waals surface area contributed by atoms with Crippen LogP contribution in [0.1, 0.15) is 69.0 Å². The minimum absolute atomic E-state index is 0.215. The first-order valence-electron chi connectivity index (χ1n) is 7.83. The molecule has 0 aromatic heterocycles. The summed E-state index contributed by atoms with van der Waals surface area (Å²) in [4.78, 5) is 0. The molecule has 1 atom stereocenters. The van der Waals surface area contributed by atoms with Crippen molar-refractivity contribution in [2.45, 2.75) is 64.3 Å². The van der Waals surface area contributed by atoms with Crippen molar-refractivity contribution in [3.63, 3.8) is 0 Å². The van der Waals surface area contributed by atoms with Crippen LogP contribution in [-0.4, -0.2) is 6.61 Å². The third-order valence-electron chi connectivity index (χ3n) is 4.03. The molecule has 0 bridgehead atoms. The summed E-state index contributed by atoms with van der Waals surface area (Å²) >= 11 is 0. The molecular formula is C17H27NO. The predicted octanol–water partition coefficient (Wildman–Crippen LogP) is 4.37. The number of benzene rings is 1. The van der Waals surface area contributed by atoms with Crippen molar-refractivity contribution in [1.29, 1.82) is 0 Å². The van der Waals surface area contributed by atoms with Gasteiger partial charge in [0.25, 0.3) is 0 Å². The molecule has 1 aliphatic rings. The van der Waals surface area contributed by atoms with Crippen molar-refractivity contribution in [1.82, 2.24) is 0 Å². The number of nitrogens with two attached hydrogens (primary N) is 1. The van der Waals surface area contributed by atoms with Crippen molar-refractivity contribution >= 4 is 0 Å². The quantitative estimate of drug-likeness (QED) is 0.705. The van der Waals surface area contributed by atoms with Gasteiger partial charge in [0.15, 0.2) is 0 Å². The predicted molar refractivity (Wildman–Crippen MR) is 80.6 cm³/mol. The number of rotatable bonds is 8. The van der Waals surface area contributed by atoms with Gasteiger partial charge in [-0.3, -0.25) is 0 Å². The molecule has 0 heterocycles. The van der Waals surface area contributed by atoms with Crippen LogP contribution in [0.5, 0.6) is 5.75 Å². The van der Waals surface area contributed by atoms with E-state index in [0.29, 0.717) is 0 Å². The van der Waals surface area contributed by atoms with Gasteiger partial charge in [-0.2, -0.15) is 0 Å². The van der Waals surface area contributed by atoms with Crippen LogP contribution in [0, 0.1) is 0 Å². The lowest BCUT2D eigenvalue weighted by atomic mass is 10.1. The highest BCUT2D eigenvalue weighted by Gasteiger charge is 2.21. The second kappa shape index (κ2) is 7.54. The fourth-order valence-corrected chi connectivity index (χ4v) is 2.85. The average molecular weight is 261 g/mol. The van der Waals surface area contributed by atoms with Crippen LogP contribution in [0.4, 0.5) is 0 Å². The van der Waals surface area contributed by atoms with E-state index in [0.717, 1.165) is 25.2 Å². The fourth-order valence-electron chi connectivity index (χ4n) is 2.85. The molecule has 0 fully saturated rings. The van der Waals surface area contributed by atoms with Gasteiger partial charge in [0.05, 0.1) is 6.61 Å². The second-order valence-electron chi connectivity index (χ2n) is 5.59. The van der Waals surface area contributed by atoms with E-state index in [1.807, 2.05) is 0 Å². The topological polar surface area (TPSA) is 35.2 Å². The number of hydrogen-bond acceptors (Lipinski definition) is 2. The normalized spacial score (nSPS) is 17.5. The summed E-state index contributed by atoms with van der Waals surface area (Å²) in [5.74, 6) is 1.07. The van der Waals surface area contributed by atoms with Crippen LogP contribution in [0.3, 0.4) is 0 Å². The van der Waals surface area contributed by atoms with Crippen LogP contribution in [0.25, 0.3) is 0 Å². The van der Waals surface area contributed by atoms with Gasteiger partial charge in [0.1, 0.15) is 5.75 Å². The maximum atomic E-state index is 6.08. The Balaban J connectivity index is 1.72.